The van der Waals surface area contributed by atoms with Crippen LogP contribution in [0.4, 0.5) is 0 Å². The van der Waals surface area contributed by atoms with Crippen molar-refractivity contribution in [1.82, 2.24) is 4.98 Å². The maximum Gasteiger partial charge on any atom is 0.105 e. The topological polar surface area (TPSA) is 33.1 Å². The predicted octanol–water partition coefficient (Wildman–Crippen LogP) is 4.84. The quantitative estimate of drug-likeness (QED) is 0.676. The average molecular weight is 393 g/mol. The van der Waals surface area contributed by atoms with Gasteiger partial charge in [-0.1, -0.05) is 24.3 Å². The van der Waals surface area contributed by atoms with Crippen LogP contribution in [0.3, 0.4) is 0 Å². The Morgan fingerprint density at radius 3 is 2.65 bits per heavy atom. The lowest BCUT2D eigenvalue weighted by Crippen LogP contribution is -2.00. The van der Waals surface area contributed by atoms with Gasteiger partial charge in [0, 0.05) is 26.7 Å². The first-order valence-corrected chi connectivity index (χ1v) is 7.71. The largest absolute Gasteiger partial charge is 0.384 e. The maximum absolute atomic E-state index is 10.6. The smallest absolute Gasteiger partial charge is 0.105 e. The van der Waals surface area contributed by atoms with Crippen LogP contribution in [0.5, 0.6) is 0 Å². The number of hydrogen-bond acceptors (Lipinski definition) is 2. The van der Waals surface area contributed by atoms with Gasteiger partial charge >= 0.3 is 0 Å². The molecule has 3 aromatic rings. The lowest BCUT2D eigenvalue weighted by molar-refractivity contribution is 0.222. The van der Waals surface area contributed by atoms with E-state index in [0.29, 0.717) is 0 Å². The second kappa shape index (κ2) is 5.64. The minimum Gasteiger partial charge on any atom is -0.384 e. The third-order valence-electron chi connectivity index (χ3n) is 3.27. The highest BCUT2D eigenvalue weighted by Gasteiger charge is 2.14. The van der Waals surface area contributed by atoms with Gasteiger partial charge < -0.3 is 5.11 Å². The summed E-state index contributed by atoms with van der Waals surface area (Å²) in [6.45, 7) is 0. The van der Waals surface area contributed by atoms with E-state index in [2.05, 4.69) is 36.8 Å². The zero-order valence-electron chi connectivity index (χ0n) is 10.4. The number of aliphatic hydroxyl groups excluding tert-OH is 1. The Kier molecular flexibility index (Phi) is 3.87. The first-order valence-electron chi connectivity index (χ1n) is 6.12. The van der Waals surface area contributed by atoms with Crippen molar-refractivity contribution in [1.29, 1.82) is 0 Å². The Bertz CT molecular complexity index is 768. The second-order valence-electron chi connectivity index (χ2n) is 4.52. The molecule has 4 heteroatoms. The molecule has 0 amide bonds. The molecule has 1 atom stereocenters. The number of hydrogen-bond donors (Lipinski definition) is 1. The summed E-state index contributed by atoms with van der Waals surface area (Å²) >= 11 is 6.91. The van der Waals surface area contributed by atoms with Crippen LogP contribution in [0.2, 0.25) is 0 Å². The molecule has 0 aliphatic heterocycles. The molecule has 2 nitrogen and oxygen atoms in total. The summed E-state index contributed by atoms with van der Waals surface area (Å²) in [4.78, 5) is 4.12. The molecule has 0 bridgehead atoms. The molecule has 2 aromatic carbocycles. The highest BCUT2D eigenvalue weighted by atomic mass is 79.9. The Morgan fingerprint density at radius 2 is 1.85 bits per heavy atom. The Balaban J connectivity index is 2.12. The molecule has 1 N–H and O–H groups in total. The Labute approximate surface area is 133 Å². The second-order valence-corrected chi connectivity index (χ2v) is 6.23. The van der Waals surface area contributed by atoms with Gasteiger partial charge in [-0.2, -0.15) is 0 Å². The van der Waals surface area contributed by atoms with Crippen molar-refractivity contribution in [2.24, 2.45) is 0 Å². The van der Waals surface area contributed by atoms with E-state index < -0.39 is 6.10 Å². The third-order valence-corrected chi connectivity index (χ3v) is 5.15. The van der Waals surface area contributed by atoms with E-state index in [1.54, 1.807) is 6.20 Å². The highest BCUT2D eigenvalue weighted by molar-refractivity contribution is 9.13. The maximum atomic E-state index is 10.6. The van der Waals surface area contributed by atoms with E-state index in [0.717, 1.165) is 30.8 Å². The van der Waals surface area contributed by atoms with Gasteiger partial charge in [0.25, 0.3) is 0 Å². The SMILES string of the molecule is OC(c1ccc(Br)c(Br)c1)c1cccc2cnccc12. The molecule has 0 fully saturated rings. The summed E-state index contributed by atoms with van der Waals surface area (Å²) in [7, 11) is 0. The van der Waals surface area contributed by atoms with Gasteiger partial charge in [0.05, 0.1) is 0 Å². The summed E-state index contributed by atoms with van der Waals surface area (Å²) in [6.07, 6.45) is 2.89. The minimum absolute atomic E-state index is 0.662. The Morgan fingerprint density at radius 1 is 1.00 bits per heavy atom. The van der Waals surface area contributed by atoms with Crippen LogP contribution in [0.15, 0.2) is 63.8 Å². The van der Waals surface area contributed by atoms with Gasteiger partial charge in [-0.15, -0.1) is 0 Å². The van der Waals surface area contributed by atoms with Crippen LogP contribution >= 0.6 is 31.9 Å². The van der Waals surface area contributed by atoms with E-state index >= 15 is 0 Å². The van der Waals surface area contributed by atoms with E-state index in [1.807, 2.05) is 48.7 Å². The van der Waals surface area contributed by atoms with E-state index in [9.17, 15) is 5.11 Å². The first kappa shape index (κ1) is 13.7. The normalized spacial score (nSPS) is 12.6. The Hall–Kier alpha value is -1.23. The number of nitrogens with zero attached hydrogens (tertiary/aromatic N) is 1. The summed E-state index contributed by atoms with van der Waals surface area (Å²) in [5.74, 6) is 0. The number of aliphatic hydroxyl groups is 1. The number of halogens is 2. The van der Waals surface area contributed by atoms with Crippen LogP contribution in [0.25, 0.3) is 10.8 Å². The number of rotatable bonds is 2. The molecule has 1 heterocycles. The first-order chi connectivity index (χ1) is 9.66. The average Bonchev–Trinajstić information content (AvgIpc) is 2.49. The molecule has 1 unspecified atom stereocenters. The molecule has 0 radical (unpaired) electrons. The van der Waals surface area contributed by atoms with Crippen molar-refractivity contribution in [3.05, 3.63) is 74.9 Å². The monoisotopic (exact) mass is 391 g/mol. The van der Waals surface area contributed by atoms with Crippen molar-refractivity contribution in [2.75, 3.05) is 0 Å². The van der Waals surface area contributed by atoms with E-state index in [4.69, 9.17) is 0 Å². The van der Waals surface area contributed by atoms with Gasteiger partial charge in [-0.25, -0.2) is 0 Å². The molecule has 0 aliphatic carbocycles. The summed E-state index contributed by atoms with van der Waals surface area (Å²) in [5.41, 5.74) is 1.74. The molecule has 3 rings (SSSR count). The highest BCUT2D eigenvalue weighted by Crippen LogP contribution is 2.32. The molecule has 0 saturated heterocycles. The van der Waals surface area contributed by atoms with Crippen LogP contribution in [-0.2, 0) is 0 Å². The molecular formula is C16H11Br2NO. The zero-order valence-corrected chi connectivity index (χ0v) is 13.6. The van der Waals surface area contributed by atoms with Gasteiger partial charge in [-0.3, -0.25) is 4.98 Å². The van der Waals surface area contributed by atoms with Gasteiger partial charge in [0.2, 0.25) is 0 Å². The number of pyridine rings is 1. The molecule has 1 aromatic heterocycles. The lowest BCUT2D eigenvalue weighted by Gasteiger charge is -2.14. The lowest BCUT2D eigenvalue weighted by atomic mass is 9.97. The third kappa shape index (κ3) is 2.51. The zero-order chi connectivity index (χ0) is 14.1. The van der Waals surface area contributed by atoms with Crippen molar-refractivity contribution in [2.45, 2.75) is 6.10 Å². The van der Waals surface area contributed by atoms with E-state index in [-0.39, 0.29) is 0 Å². The number of fused-ring (bicyclic) bond motifs is 1. The molecule has 0 spiro atoms. The summed E-state index contributed by atoms with van der Waals surface area (Å²) in [5, 5.41) is 12.7. The van der Waals surface area contributed by atoms with Gasteiger partial charge in [0.15, 0.2) is 0 Å². The van der Waals surface area contributed by atoms with Crippen molar-refractivity contribution in [3.63, 3.8) is 0 Å². The van der Waals surface area contributed by atoms with Crippen molar-refractivity contribution >= 4 is 42.6 Å². The molecule has 20 heavy (non-hydrogen) atoms. The van der Waals surface area contributed by atoms with Crippen LogP contribution in [0, 0.1) is 0 Å². The minimum atomic E-state index is -0.662. The van der Waals surface area contributed by atoms with Crippen LogP contribution < -0.4 is 0 Å². The summed E-state index contributed by atoms with van der Waals surface area (Å²) < 4.78 is 1.89. The fraction of sp³-hybridized carbons (Fsp3) is 0.0625. The van der Waals surface area contributed by atoms with Gasteiger partial charge in [0.1, 0.15) is 6.10 Å². The van der Waals surface area contributed by atoms with Crippen LogP contribution in [0.1, 0.15) is 17.2 Å². The molecular weight excluding hydrogens is 382 g/mol. The number of benzene rings is 2. The molecule has 100 valence electrons. The fourth-order valence-corrected chi connectivity index (χ4v) is 2.89. The van der Waals surface area contributed by atoms with E-state index in [1.165, 1.54) is 0 Å². The van der Waals surface area contributed by atoms with Crippen LogP contribution in [-0.4, -0.2) is 10.1 Å². The summed E-state index contributed by atoms with van der Waals surface area (Å²) in [6, 6.07) is 13.6. The van der Waals surface area contributed by atoms with Gasteiger partial charge in [-0.05, 0) is 66.6 Å². The number of aromatic nitrogens is 1. The molecule has 0 aliphatic rings. The molecule has 0 saturated carbocycles. The fourth-order valence-electron chi connectivity index (χ4n) is 2.25. The predicted molar refractivity (Wildman–Crippen MR) is 87.6 cm³/mol. The van der Waals surface area contributed by atoms with Crippen molar-refractivity contribution in [3.8, 4) is 0 Å². The van der Waals surface area contributed by atoms with Crippen molar-refractivity contribution < 1.29 is 5.11 Å². The standard InChI is InChI=1S/C16H11Br2NO/c17-14-5-4-10(8-15(14)18)16(20)13-3-1-2-11-9-19-7-6-12(11)13/h1-9,16,20H.